The number of nitrogens with two attached hydrogens (primary N) is 1. The highest BCUT2D eigenvalue weighted by molar-refractivity contribution is 5.69. The Labute approximate surface area is 116 Å². The van der Waals surface area contributed by atoms with E-state index in [9.17, 15) is 4.79 Å². The summed E-state index contributed by atoms with van der Waals surface area (Å²) in [5.41, 5.74) is 8.03. The van der Waals surface area contributed by atoms with E-state index in [1.54, 1.807) is 0 Å². The van der Waals surface area contributed by atoms with Gasteiger partial charge >= 0.3 is 5.97 Å². The zero-order valence-electron chi connectivity index (χ0n) is 11.9. The van der Waals surface area contributed by atoms with Crippen molar-refractivity contribution in [2.24, 2.45) is 5.73 Å². The van der Waals surface area contributed by atoms with Gasteiger partial charge in [-0.3, -0.25) is 4.79 Å². The summed E-state index contributed by atoms with van der Waals surface area (Å²) in [4.78, 5) is 11.0. The molecule has 3 nitrogen and oxygen atoms in total. The molecule has 1 aromatic rings. The number of carbonyl (C=O) groups is 1. The van der Waals surface area contributed by atoms with Crippen molar-refractivity contribution >= 4 is 5.97 Å². The maximum absolute atomic E-state index is 11.0. The molecule has 0 unspecified atom stereocenters. The topological polar surface area (TPSA) is 52.3 Å². The molecular formula is C16H25NO2. The monoisotopic (exact) mass is 263 g/mol. The Morgan fingerprint density at radius 3 is 2.16 bits per heavy atom. The number of benzene rings is 1. The molecule has 1 aromatic carbocycles. The van der Waals surface area contributed by atoms with Crippen molar-refractivity contribution in [2.75, 3.05) is 13.7 Å². The molecule has 2 N–H and O–H groups in total. The highest BCUT2D eigenvalue weighted by atomic mass is 16.5. The summed E-state index contributed by atoms with van der Waals surface area (Å²) in [6.45, 7) is 0.800. The lowest BCUT2D eigenvalue weighted by Gasteiger charge is -2.04. The van der Waals surface area contributed by atoms with Crippen molar-refractivity contribution in [3.8, 4) is 0 Å². The number of unbranched alkanes of at least 4 members (excludes halogenated alkanes) is 3. The van der Waals surface area contributed by atoms with Crippen LogP contribution >= 0.6 is 0 Å². The fourth-order valence-electron chi connectivity index (χ4n) is 2.05. The van der Waals surface area contributed by atoms with Gasteiger partial charge in [-0.05, 0) is 43.4 Å². The van der Waals surface area contributed by atoms with Crippen molar-refractivity contribution in [3.63, 3.8) is 0 Å². The van der Waals surface area contributed by atoms with Crippen LogP contribution in [0.15, 0.2) is 24.3 Å². The van der Waals surface area contributed by atoms with Gasteiger partial charge in [0.1, 0.15) is 0 Å². The SMILES string of the molecule is COC(=O)CCc1ccc(CCCCCCN)cc1. The number of aryl methyl sites for hydroxylation is 2. The molecule has 0 spiro atoms. The number of hydrogen-bond donors (Lipinski definition) is 1. The number of rotatable bonds is 9. The molecular weight excluding hydrogens is 238 g/mol. The normalized spacial score (nSPS) is 10.4. The van der Waals surface area contributed by atoms with Crippen LogP contribution in [0.5, 0.6) is 0 Å². The van der Waals surface area contributed by atoms with E-state index in [2.05, 4.69) is 29.0 Å². The van der Waals surface area contributed by atoms with Crippen molar-refractivity contribution in [2.45, 2.75) is 44.9 Å². The summed E-state index contributed by atoms with van der Waals surface area (Å²) in [5.74, 6) is -0.149. The van der Waals surface area contributed by atoms with Crippen LogP contribution in [0.2, 0.25) is 0 Å². The van der Waals surface area contributed by atoms with Gasteiger partial charge in [0.2, 0.25) is 0 Å². The van der Waals surface area contributed by atoms with E-state index in [-0.39, 0.29) is 5.97 Å². The Morgan fingerprint density at radius 1 is 1.00 bits per heavy atom. The molecule has 0 bridgehead atoms. The first-order valence-electron chi connectivity index (χ1n) is 7.11. The van der Waals surface area contributed by atoms with E-state index >= 15 is 0 Å². The molecule has 0 fully saturated rings. The van der Waals surface area contributed by atoms with Gasteiger partial charge in [-0.2, -0.15) is 0 Å². The molecule has 0 saturated carbocycles. The van der Waals surface area contributed by atoms with Crippen LogP contribution in [0.3, 0.4) is 0 Å². The van der Waals surface area contributed by atoms with E-state index < -0.39 is 0 Å². The first-order valence-corrected chi connectivity index (χ1v) is 7.11. The van der Waals surface area contributed by atoms with Gasteiger partial charge in [0.25, 0.3) is 0 Å². The summed E-state index contributed by atoms with van der Waals surface area (Å²) in [7, 11) is 1.43. The average molecular weight is 263 g/mol. The fraction of sp³-hybridized carbons (Fsp3) is 0.562. The second-order valence-corrected chi connectivity index (χ2v) is 4.85. The summed E-state index contributed by atoms with van der Waals surface area (Å²) < 4.78 is 4.63. The molecule has 106 valence electrons. The van der Waals surface area contributed by atoms with Gasteiger partial charge in [-0.1, -0.05) is 37.1 Å². The fourth-order valence-corrected chi connectivity index (χ4v) is 2.05. The third-order valence-corrected chi connectivity index (χ3v) is 3.29. The second kappa shape index (κ2) is 9.56. The Morgan fingerprint density at radius 2 is 1.58 bits per heavy atom. The Balaban J connectivity index is 2.25. The van der Waals surface area contributed by atoms with Gasteiger partial charge in [-0.25, -0.2) is 0 Å². The Hall–Kier alpha value is -1.35. The lowest BCUT2D eigenvalue weighted by molar-refractivity contribution is -0.140. The van der Waals surface area contributed by atoms with E-state index in [0.29, 0.717) is 6.42 Å². The average Bonchev–Trinajstić information content (AvgIpc) is 2.45. The van der Waals surface area contributed by atoms with E-state index in [4.69, 9.17) is 5.73 Å². The van der Waals surface area contributed by atoms with Crippen LogP contribution in [0.25, 0.3) is 0 Å². The first kappa shape index (κ1) is 15.7. The molecule has 1 rings (SSSR count). The summed E-state index contributed by atoms with van der Waals surface area (Å²) in [5, 5.41) is 0. The van der Waals surface area contributed by atoms with Gasteiger partial charge in [-0.15, -0.1) is 0 Å². The summed E-state index contributed by atoms with van der Waals surface area (Å²) in [6, 6.07) is 8.54. The van der Waals surface area contributed by atoms with Crippen molar-refractivity contribution < 1.29 is 9.53 Å². The number of carbonyl (C=O) groups excluding carboxylic acids is 1. The highest BCUT2D eigenvalue weighted by Gasteiger charge is 2.01. The van der Waals surface area contributed by atoms with Crippen LogP contribution in [0.1, 0.15) is 43.2 Å². The molecule has 0 heterocycles. The van der Waals surface area contributed by atoms with Gasteiger partial charge in [0, 0.05) is 6.42 Å². The van der Waals surface area contributed by atoms with Crippen LogP contribution in [0, 0.1) is 0 Å². The first-order chi connectivity index (χ1) is 9.26. The van der Waals surface area contributed by atoms with Crippen molar-refractivity contribution in [3.05, 3.63) is 35.4 Å². The Kier molecular flexibility index (Phi) is 7.91. The largest absolute Gasteiger partial charge is 0.469 e. The van der Waals surface area contributed by atoms with Crippen molar-refractivity contribution in [1.29, 1.82) is 0 Å². The molecule has 0 aliphatic heterocycles. The minimum atomic E-state index is -0.149. The maximum atomic E-state index is 11.0. The van der Waals surface area contributed by atoms with E-state index in [1.165, 1.54) is 37.5 Å². The lowest BCUT2D eigenvalue weighted by atomic mass is 10.0. The molecule has 0 saturated heterocycles. The third-order valence-electron chi connectivity index (χ3n) is 3.29. The van der Waals surface area contributed by atoms with Crippen LogP contribution < -0.4 is 5.73 Å². The molecule has 3 heteroatoms. The minimum Gasteiger partial charge on any atom is -0.469 e. The van der Waals surface area contributed by atoms with Crippen LogP contribution in [-0.2, 0) is 22.4 Å². The van der Waals surface area contributed by atoms with Gasteiger partial charge < -0.3 is 10.5 Å². The standard InChI is InChI=1S/C16H25NO2/c1-19-16(18)12-11-15-9-7-14(8-10-15)6-4-2-3-5-13-17/h7-10H,2-6,11-13,17H2,1H3. The summed E-state index contributed by atoms with van der Waals surface area (Å²) >= 11 is 0. The minimum absolute atomic E-state index is 0.149. The summed E-state index contributed by atoms with van der Waals surface area (Å²) in [6.07, 6.45) is 7.17. The zero-order valence-corrected chi connectivity index (χ0v) is 11.9. The lowest BCUT2D eigenvalue weighted by Crippen LogP contribution is -2.01. The second-order valence-electron chi connectivity index (χ2n) is 4.85. The van der Waals surface area contributed by atoms with E-state index in [1.807, 2.05) is 0 Å². The number of esters is 1. The molecule has 19 heavy (non-hydrogen) atoms. The van der Waals surface area contributed by atoms with Crippen molar-refractivity contribution in [1.82, 2.24) is 0 Å². The molecule has 0 radical (unpaired) electrons. The number of hydrogen-bond acceptors (Lipinski definition) is 3. The van der Waals surface area contributed by atoms with Gasteiger partial charge in [0.05, 0.1) is 7.11 Å². The quantitative estimate of drug-likeness (QED) is 0.550. The van der Waals surface area contributed by atoms with Crippen LogP contribution in [0.4, 0.5) is 0 Å². The molecule has 0 atom stereocenters. The number of methoxy groups -OCH3 is 1. The number of ether oxygens (including phenoxy) is 1. The predicted octanol–water partition coefficient (Wildman–Crippen LogP) is 2.85. The molecule has 0 amide bonds. The Bertz CT molecular complexity index is 360. The van der Waals surface area contributed by atoms with Crippen LogP contribution in [-0.4, -0.2) is 19.6 Å². The van der Waals surface area contributed by atoms with Gasteiger partial charge in [0.15, 0.2) is 0 Å². The zero-order chi connectivity index (χ0) is 13.9. The third kappa shape index (κ3) is 6.97. The molecule has 0 aliphatic carbocycles. The smallest absolute Gasteiger partial charge is 0.305 e. The predicted molar refractivity (Wildman–Crippen MR) is 78.0 cm³/mol. The van der Waals surface area contributed by atoms with E-state index in [0.717, 1.165) is 25.8 Å². The molecule has 0 aromatic heterocycles. The molecule has 0 aliphatic rings. The maximum Gasteiger partial charge on any atom is 0.305 e. The highest BCUT2D eigenvalue weighted by Crippen LogP contribution is 2.11.